The molecule has 0 fully saturated rings. The summed E-state index contributed by atoms with van der Waals surface area (Å²) in [7, 11) is 1.60. The number of rotatable bonds is 3. The minimum atomic E-state index is -0.317. The van der Waals surface area contributed by atoms with E-state index >= 15 is 0 Å². The molecule has 1 N–H and O–H groups in total. The number of anilines is 1. The number of pyridine rings is 1. The number of amides is 1. The molecule has 0 atom stereocenters. The van der Waals surface area contributed by atoms with E-state index in [4.69, 9.17) is 4.74 Å². The second kappa shape index (κ2) is 6.39. The third-order valence-corrected chi connectivity index (χ3v) is 6.22. The van der Waals surface area contributed by atoms with Crippen LogP contribution in [-0.2, 0) is 0 Å². The van der Waals surface area contributed by atoms with E-state index in [-0.39, 0.29) is 11.5 Å². The van der Waals surface area contributed by atoms with E-state index in [0.717, 1.165) is 16.0 Å². The summed E-state index contributed by atoms with van der Waals surface area (Å²) in [6.07, 6.45) is 1.66. The van der Waals surface area contributed by atoms with Crippen molar-refractivity contribution in [3.05, 3.63) is 63.9 Å². The quantitative estimate of drug-likeness (QED) is 0.491. The molecule has 0 saturated carbocycles. The number of nitrogens with zero attached hydrogens (tertiary/aromatic N) is 3. The summed E-state index contributed by atoms with van der Waals surface area (Å²) in [6.45, 7) is 0. The second-order valence-electron chi connectivity index (χ2n) is 5.98. The molecule has 0 unspecified atom stereocenters. The van der Waals surface area contributed by atoms with Gasteiger partial charge in [0.05, 0.1) is 27.6 Å². The normalized spacial score (nSPS) is 11.3. The van der Waals surface area contributed by atoms with Crippen molar-refractivity contribution in [2.75, 3.05) is 12.4 Å². The van der Waals surface area contributed by atoms with Crippen molar-refractivity contribution in [1.82, 2.24) is 14.4 Å². The van der Waals surface area contributed by atoms with Crippen LogP contribution in [0.25, 0.3) is 26.1 Å². The van der Waals surface area contributed by atoms with Crippen LogP contribution in [0.15, 0.2) is 53.5 Å². The fraction of sp³-hybridized carbons (Fsp3) is 0.0526. The predicted molar refractivity (Wildman–Crippen MR) is 111 cm³/mol. The predicted octanol–water partition coefficient (Wildman–Crippen LogP) is 3.78. The molecule has 0 radical (unpaired) electrons. The molecule has 5 rings (SSSR count). The second-order valence-corrected chi connectivity index (χ2v) is 8.04. The summed E-state index contributed by atoms with van der Waals surface area (Å²) in [5, 5.41) is 3.72. The van der Waals surface area contributed by atoms with Crippen LogP contribution in [0, 0.1) is 0 Å². The van der Waals surface area contributed by atoms with Crippen LogP contribution in [-0.4, -0.2) is 27.4 Å². The van der Waals surface area contributed by atoms with Gasteiger partial charge in [-0.2, -0.15) is 0 Å². The molecule has 5 aromatic rings. The van der Waals surface area contributed by atoms with Gasteiger partial charge >= 0.3 is 0 Å². The lowest BCUT2D eigenvalue weighted by molar-refractivity contribution is 0.103. The van der Waals surface area contributed by atoms with Crippen LogP contribution < -0.4 is 15.6 Å². The zero-order valence-electron chi connectivity index (χ0n) is 14.5. The molecule has 0 spiro atoms. The summed E-state index contributed by atoms with van der Waals surface area (Å²) in [5.41, 5.74) is 1.14. The molecule has 0 bridgehead atoms. The summed E-state index contributed by atoms with van der Waals surface area (Å²) in [5.74, 6) is 0.416. The largest absolute Gasteiger partial charge is 0.497 e. The lowest BCUT2D eigenvalue weighted by Gasteiger charge is -1.97. The number of hydrogen-bond acceptors (Lipinski definition) is 7. The van der Waals surface area contributed by atoms with E-state index in [1.807, 2.05) is 24.3 Å². The van der Waals surface area contributed by atoms with Gasteiger partial charge in [0, 0.05) is 6.20 Å². The van der Waals surface area contributed by atoms with E-state index in [1.54, 1.807) is 31.5 Å². The summed E-state index contributed by atoms with van der Waals surface area (Å²) >= 11 is 2.55. The average molecular weight is 408 g/mol. The molecular formula is C19H12N4O3S2. The molecule has 7 nitrogen and oxygen atoms in total. The number of methoxy groups -OCH3 is 1. The Morgan fingerprint density at radius 1 is 1.14 bits per heavy atom. The third kappa shape index (κ3) is 2.72. The van der Waals surface area contributed by atoms with Gasteiger partial charge in [0.25, 0.3) is 11.5 Å². The van der Waals surface area contributed by atoms with Crippen LogP contribution in [0.1, 0.15) is 9.67 Å². The fourth-order valence-corrected chi connectivity index (χ4v) is 4.72. The smallest absolute Gasteiger partial charge is 0.267 e. The van der Waals surface area contributed by atoms with Gasteiger partial charge in [-0.25, -0.2) is 9.97 Å². The first-order valence-corrected chi connectivity index (χ1v) is 9.92. The van der Waals surface area contributed by atoms with Crippen molar-refractivity contribution in [2.45, 2.75) is 0 Å². The van der Waals surface area contributed by atoms with E-state index in [2.05, 4.69) is 15.3 Å². The maximum Gasteiger partial charge on any atom is 0.267 e. The third-order valence-electron chi connectivity index (χ3n) is 4.26. The lowest BCUT2D eigenvalue weighted by Crippen LogP contribution is -2.13. The van der Waals surface area contributed by atoms with Crippen molar-refractivity contribution in [2.24, 2.45) is 0 Å². The Hall–Kier alpha value is -3.30. The highest BCUT2D eigenvalue weighted by Crippen LogP contribution is 2.30. The lowest BCUT2D eigenvalue weighted by atomic mass is 10.3. The molecule has 28 heavy (non-hydrogen) atoms. The summed E-state index contributed by atoms with van der Waals surface area (Å²) in [6, 6.07) is 12.5. The molecule has 4 heterocycles. The molecular weight excluding hydrogens is 396 g/mol. The first-order chi connectivity index (χ1) is 13.6. The van der Waals surface area contributed by atoms with Crippen LogP contribution in [0.4, 0.5) is 5.13 Å². The molecule has 1 amide bonds. The van der Waals surface area contributed by atoms with Gasteiger partial charge in [-0.15, -0.1) is 11.3 Å². The number of hydrogen-bond donors (Lipinski definition) is 1. The Labute approximate surface area is 165 Å². The van der Waals surface area contributed by atoms with Crippen LogP contribution in [0.3, 0.4) is 0 Å². The first kappa shape index (κ1) is 16.8. The van der Waals surface area contributed by atoms with Gasteiger partial charge in [-0.05, 0) is 36.4 Å². The number of carbonyl (C=O) groups is 1. The fourth-order valence-electron chi connectivity index (χ4n) is 2.90. The number of carbonyl (C=O) groups excluding carboxylic acids is 1. The number of benzene rings is 1. The number of ether oxygens (including phenoxy) is 1. The molecule has 1 aromatic carbocycles. The van der Waals surface area contributed by atoms with Crippen molar-refractivity contribution in [3.8, 4) is 5.75 Å². The maximum atomic E-state index is 12.7. The maximum absolute atomic E-state index is 12.7. The zero-order valence-corrected chi connectivity index (χ0v) is 16.1. The van der Waals surface area contributed by atoms with Gasteiger partial charge in [-0.3, -0.25) is 19.3 Å². The summed E-state index contributed by atoms with van der Waals surface area (Å²) in [4.78, 5) is 35.2. The average Bonchev–Trinajstić information content (AvgIpc) is 3.31. The minimum absolute atomic E-state index is 0.192. The molecule has 0 aliphatic heterocycles. The molecule has 138 valence electrons. The molecule has 9 heteroatoms. The highest BCUT2D eigenvalue weighted by Gasteiger charge is 2.16. The highest BCUT2D eigenvalue weighted by molar-refractivity contribution is 7.23. The van der Waals surface area contributed by atoms with Gasteiger partial charge in [0.1, 0.15) is 16.2 Å². The first-order valence-electron chi connectivity index (χ1n) is 8.29. The minimum Gasteiger partial charge on any atom is -0.497 e. The van der Waals surface area contributed by atoms with Gasteiger partial charge in [0.15, 0.2) is 5.13 Å². The van der Waals surface area contributed by atoms with Crippen LogP contribution >= 0.6 is 22.7 Å². The van der Waals surface area contributed by atoms with Crippen LogP contribution in [0.5, 0.6) is 5.75 Å². The van der Waals surface area contributed by atoms with E-state index in [9.17, 15) is 9.59 Å². The van der Waals surface area contributed by atoms with Gasteiger partial charge in [-0.1, -0.05) is 17.4 Å². The van der Waals surface area contributed by atoms with E-state index in [1.165, 1.54) is 27.1 Å². The molecule has 4 aromatic heterocycles. The van der Waals surface area contributed by atoms with Crippen LogP contribution in [0.2, 0.25) is 0 Å². The van der Waals surface area contributed by atoms with Gasteiger partial charge < -0.3 is 4.74 Å². The highest BCUT2D eigenvalue weighted by atomic mass is 32.1. The van der Waals surface area contributed by atoms with Crippen molar-refractivity contribution in [1.29, 1.82) is 0 Å². The molecule has 0 aliphatic carbocycles. The topological polar surface area (TPSA) is 85.6 Å². The van der Waals surface area contributed by atoms with E-state index in [0.29, 0.717) is 25.9 Å². The Balaban J connectivity index is 1.51. The van der Waals surface area contributed by atoms with Gasteiger partial charge in [0.2, 0.25) is 0 Å². The number of nitrogens with one attached hydrogen (secondary N) is 1. The standard InChI is InChI=1S/C19H12N4O3S2/c1-26-10-5-6-12-13(8-10)28-19(20-12)22-16(24)14-9-11-17(27-14)21-15-4-2-3-7-23(15)18(11)25/h2-9H,1H3,(H,20,22,24). The number of fused-ring (bicyclic) bond motifs is 3. The number of aromatic nitrogens is 3. The zero-order chi connectivity index (χ0) is 19.3. The Bertz CT molecular complexity index is 1430. The van der Waals surface area contributed by atoms with Crippen molar-refractivity contribution in [3.63, 3.8) is 0 Å². The SMILES string of the molecule is COc1ccc2nc(NC(=O)c3cc4c(=O)n5ccccc5nc4s3)sc2c1. The Morgan fingerprint density at radius 2 is 2.04 bits per heavy atom. The molecule has 0 aliphatic rings. The Kier molecular flexibility index (Phi) is 3.85. The van der Waals surface area contributed by atoms with Crippen molar-refractivity contribution < 1.29 is 9.53 Å². The van der Waals surface area contributed by atoms with E-state index < -0.39 is 0 Å². The summed E-state index contributed by atoms with van der Waals surface area (Å²) < 4.78 is 7.60. The van der Waals surface area contributed by atoms with Crippen molar-refractivity contribution >= 4 is 59.8 Å². The monoisotopic (exact) mass is 408 g/mol. The molecule has 0 saturated heterocycles. The Morgan fingerprint density at radius 3 is 2.89 bits per heavy atom. The number of thiophene rings is 1. The number of thiazole rings is 1.